The Bertz CT molecular complexity index is 4980. The van der Waals surface area contributed by atoms with E-state index < -0.39 is 407 Å². The van der Waals surface area contributed by atoms with Gasteiger partial charge in [0.2, 0.25) is 136 Å². The number of carboxylic acid groups (broad SMARTS) is 2. The van der Waals surface area contributed by atoms with Gasteiger partial charge in [0.25, 0.3) is 0 Å². The number of nitrogens with zero attached hydrogens (tertiary/aromatic N) is 24. The van der Waals surface area contributed by atoms with Gasteiger partial charge in [0, 0.05) is 46.7 Å². The maximum Gasteiger partial charge on any atom is 0.328 e. The molecule has 0 heterocycles. The quantitative estimate of drug-likeness (QED) is 0.0138. The van der Waals surface area contributed by atoms with E-state index in [1.165, 1.54) is 0 Å². The van der Waals surface area contributed by atoms with Crippen LogP contribution >= 0.6 is 88.4 Å². The summed E-state index contributed by atoms with van der Waals surface area (Å²) in [5, 5.41) is 366. The lowest BCUT2D eigenvalue weighted by atomic mass is 10.1. The zero-order valence-electron chi connectivity index (χ0n) is 78.8. The number of aliphatic imine (C=N–C) groups is 24. The van der Waals surface area contributed by atoms with E-state index in [4.69, 9.17) is 16.9 Å². The van der Waals surface area contributed by atoms with Crippen LogP contribution in [0.1, 0.15) is 66.2 Å². The number of nitrogens with one attached hydrogen (secondary N) is 1. The summed E-state index contributed by atoms with van der Waals surface area (Å²) < 4.78 is 0. The van der Waals surface area contributed by atoms with Gasteiger partial charge in [0.05, 0.1) is 58.2 Å². The van der Waals surface area contributed by atoms with E-state index in [2.05, 4.69) is 208 Å². The summed E-state index contributed by atoms with van der Waals surface area (Å²) in [6, 6.07) is -32.3. The molecule has 0 aromatic heterocycles. The Balaban J connectivity index is 6.86. The van der Waals surface area contributed by atoms with E-state index in [0.717, 1.165) is 27.7 Å². The standard InChI is InChI=1S/C77H129N27O36S7/c1-30(86-51(114)13-81-62(124)38(19-106)95-71(133)44(25-143)92-55(118)17-85-65(127)43(24-142)98-67(129)36(11-56(119)120)90-50(113)12-79)59(121)94-40(21-108)68(130)97-41(22-109)69(131)100-48(29-147)74(136)104-57(32(3)110)75(137)101-45(26-144)70(132)87-31(2)60(122)93-37(18-105)61(123)82-14-52(115)88-34(8-9-49(80)112)66(128)99-47(28-146)73(135)103-58(33(4)111)76(138)102-46(27-145)72(134)96-39(20-107)63(125)83-16-54(117)91-42(23-141)64(126)84-15-53(116)89-35(77(139)140)7-5-6-10-78/h30-48,57-58,105-111,141-147H,5-29,78-79H2,1-4H3,(H2,80,112)(H,81,124)(H,82,123)(H,83,125)(H,84,126)(H,85,127)(H,86,114)(H,87,132)(H,88,115)(H,89,116)(H,90,113)(H,91,117)(H,92,118)(H,93,122)(H,94,121)(H,95,133)(H,96,134)(H,97,130)(H,98,129)(H,99,128)(H,100,131)(H,101,137)(H,102,138)(H,103,135)(H,104,136)(H,119,120)(H,139,140)/t30-,31-,32-,33-,34-,35+,36?,37-,38-,39+,40-,41-,42+,43?,44-,45-,46+,47?,48-,57-,58+/m0/s1. The van der Waals surface area contributed by atoms with Crippen molar-refractivity contribution < 1.29 is 183 Å². The van der Waals surface area contributed by atoms with Crippen LogP contribution in [0.3, 0.4) is 0 Å². The van der Waals surface area contributed by atoms with Crippen molar-refractivity contribution in [2.45, 2.75) is 193 Å². The van der Waals surface area contributed by atoms with Crippen molar-refractivity contribution in [1.29, 1.82) is 5.41 Å². The highest BCUT2D eigenvalue weighted by atomic mass is 32.1. The minimum atomic E-state index is -1.96. The molecule has 0 aliphatic heterocycles. The van der Waals surface area contributed by atoms with E-state index in [1.54, 1.807) is 0 Å². The number of aliphatic hydroxyl groups is 32. The average molecular weight is 2230 g/mol. The molecule has 39 N–H and O–H groups in total. The molecule has 0 rings (SSSR count). The Hall–Kier alpha value is -12.2. The molecule has 0 aliphatic carbocycles. The van der Waals surface area contributed by atoms with Crippen molar-refractivity contribution in [2.24, 2.45) is 131 Å². The second kappa shape index (κ2) is 72.2. The van der Waals surface area contributed by atoms with Crippen molar-refractivity contribution in [3.05, 3.63) is 0 Å². The molecule has 0 aromatic carbocycles. The maximum absolute atomic E-state index is 11.6. The SMILES string of the molecule is C[C@H](N=C(O)CN=C(O)[C@H](CO)N=C(O)[C@H](CS)N=C(O)CN=C(O)C(CS)N=C(O)C(CC(=O)O)N=C(O)CN)C(O)=N[C@@H](CO)C(O)=N[C@@H](CO)C(O)=N[C@@H](CS)C(O)=N[C@H](C(O)=N[C@@H](CS)C(O)=N[C@@H](C)C(O)=N[C@@H](CO)C(O)=NCC(O)=N[C@@H](CCC(=N)O)C(O)=NC(CS)C(O)=N[C@@H](C(O)=N[C@H](CS)C(O)=N[C@H](CO)C(O)=NCC(O)=N[C@H](CS)C(O)=NCC(O)=N[C@H](CCCCN)C(=O)O)[C@H](C)O)[C@H](C)O. The molecule has 830 valence electrons. The first kappa shape index (κ1) is 135. The van der Waals surface area contributed by atoms with Crippen LogP contribution in [-0.2, 0) is 9.59 Å². The Morgan fingerprint density at radius 1 is 0.259 bits per heavy atom. The van der Waals surface area contributed by atoms with Crippen LogP contribution in [0.2, 0.25) is 0 Å². The van der Waals surface area contributed by atoms with Crippen LogP contribution in [-0.4, -0.2) is 579 Å². The summed E-state index contributed by atoms with van der Waals surface area (Å²) in [4.78, 5) is 113. The van der Waals surface area contributed by atoms with Crippen molar-refractivity contribution in [3.63, 3.8) is 0 Å². The number of nitrogens with two attached hydrogens (primary N) is 2. The number of unbranched alkanes of at least 4 members (excludes halogenated alkanes) is 1. The Morgan fingerprint density at radius 2 is 0.490 bits per heavy atom. The predicted octanol–water partition coefficient (Wildman–Crippen LogP) is -1.82. The van der Waals surface area contributed by atoms with Crippen molar-refractivity contribution in [1.82, 2.24) is 0 Å². The van der Waals surface area contributed by atoms with Gasteiger partial charge < -0.3 is 185 Å². The maximum atomic E-state index is 11.6. The number of aliphatic carboxylic acids is 2. The lowest BCUT2D eigenvalue weighted by molar-refractivity contribution is -0.139. The Morgan fingerprint density at radius 3 is 0.789 bits per heavy atom. The molecule has 0 aliphatic rings. The number of aliphatic hydroxyl groups excluding tert-OH is 32. The van der Waals surface area contributed by atoms with Gasteiger partial charge >= 0.3 is 11.9 Å². The molecule has 63 nitrogen and oxygen atoms in total. The van der Waals surface area contributed by atoms with E-state index in [-0.39, 0.29) is 17.9 Å². The Kier molecular flexibility index (Phi) is 66.2. The molecule has 0 bridgehead atoms. The molecular formula is C77H129N27O36S7. The highest BCUT2D eigenvalue weighted by Gasteiger charge is 2.34. The minimum Gasteiger partial charge on any atom is -0.497 e. The first-order chi connectivity index (χ1) is 69.1. The number of hydrogen-bond acceptors (Lipinski definition) is 43. The molecule has 147 heavy (non-hydrogen) atoms. The van der Waals surface area contributed by atoms with Crippen LogP contribution in [0.15, 0.2) is 120 Å². The van der Waals surface area contributed by atoms with Gasteiger partial charge in [0.15, 0.2) is 60.1 Å². The second-order valence-electron chi connectivity index (χ2n) is 30.0. The molecule has 3 unspecified atom stereocenters. The largest absolute Gasteiger partial charge is 0.497 e. The number of rotatable bonds is 72. The average Bonchev–Trinajstić information content (AvgIpc) is 0.848. The molecule has 0 saturated carbocycles. The van der Waals surface area contributed by atoms with Gasteiger partial charge in [-0.1, -0.05) is 0 Å². The number of hydrogen-bond donors (Lipinski definition) is 44. The third kappa shape index (κ3) is 51.3. The lowest BCUT2D eigenvalue weighted by Gasteiger charge is -2.19. The predicted molar refractivity (Wildman–Crippen MR) is 576 cm³/mol. The summed E-state index contributed by atoms with van der Waals surface area (Å²) in [5.41, 5.74) is 10.7. The van der Waals surface area contributed by atoms with E-state index in [9.17, 15) is 183 Å². The van der Waals surface area contributed by atoms with Gasteiger partial charge in [-0.3, -0.25) is 10.2 Å². The van der Waals surface area contributed by atoms with Crippen molar-refractivity contribution in [3.8, 4) is 0 Å². The third-order valence-corrected chi connectivity index (χ3v) is 20.8. The normalized spacial score (nSPS) is 19.4. The van der Waals surface area contributed by atoms with Crippen molar-refractivity contribution >= 4 is 248 Å². The molecule has 0 fully saturated rings. The van der Waals surface area contributed by atoms with Crippen LogP contribution in [0.5, 0.6) is 0 Å². The van der Waals surface area contributed by atoms with Crippen LogP contribution < -0.4 is 11.5 Å². The summed E-state index contributed by atoms with van der Waals surface area (Å²) in [7, 11) is 0. The molecule has 0 radical (unpaired) electrons. The molecule has 0 spiro atoms. The molecular weight excluding hydrogens is 2100 g/mol. The molecule has 70 heteroatoms. The van der Waals surface area contributed by atoms with Gasteiger partial charge in [-0.2, -0.15) is 88.4 Å². The zero-order chi connectivity index (χ0) is 112. The van der Waals surface area contributed by atoms with Crippen LogP contribution in [0, 0.1) is 5.41 Å². The number of carbonyl (C=O) groups is 2. The van der Waals surface area contributed by atoms with E-state index in [0.29, 0.717) is 19.4 Å². The number of thiol groups is 7. The van der Waals surface area contributed by atoms with Gasteiger partial charge in [-0.05, 0) is 59.9 Å². The second-order valence-corrected chi connectivity index (χ2v) is 32.6. The highest BCUT2D eigenvalue weighted by molar-refractivity contribution is 7.81. The monoisotopic (exact) mass is 2230 g/mol. The summed E-state index contributed by atoms with van der Waals surface area (Å²) in [6.45, 7) is -5.79. The Labute approximate surface area is 875 Å². The first-order valence-electron chi connectivity index (χ1n) is 43.1. The summed E-state index contributed by atoms with van der Waals surface area (Å²) in [5.74, 6) is -31.0. The summed E-state index contributed by atoms with van der Waals surface area (Å²) >= 11 is 28.5. The van der Waals surface area contributed by atoms with E-state index in [1.807, 2.05) is 0 Å². The van der Waals surface area contributed by atoms with Gasteiger partial charge in [-0.15, -0.1) is 0 Å². The first-order valence-corrected chi connectivity index (χ1v) is 47.5. The number of carboxylic acids is 2. The lowest BCUT2D eigenvalue weighted by Crippen LogP contribution is -2.36. The fourth-order valence-corrected chi connectivity index (χ4v) is 12.3. The highest BCUT2D eigenvalue weighted by Crippen LogP contribution is 2.18. The minimum absolute atomic E-state index is 0.0520. The van der Waals surface area contributed by atoms with Crippen LogP contribution in [0.4, 0.5) is 0 Å². The topological polar surface area (TPSA) is 1090 Å². The molecule has 0 saturated heterocycles. The zero-order valence-corrected chi connectivity index (χ0v) is 85.1. The summed E-state index contributed by atoms with van der Waals surface area (Å²) in [6.07, 6.45) is -4.51. The van der Waals surface area contributed by atoms with Crippen LogP contribution in [0.25, 0.3) is 0 Å². The fourth-order valence-electron chi connectivity index (χ4n) is 10.5. The van der Waals surface area contributed by atoms with E-state index >= 15 is 0 Å². The van der Waals surface area contributed by atoms with Gasteiger partial charge in [-0.25, -0.2) is 125 Å². The molecule has 0 aromatic rings. The third-order valence-electron chi connectivity index (χ3n) is 18.4. The fraction of sp³-hybridized carbons (Fsp3) is 0.649. The smallest absolute Gasteiger partial charge is 0.328 e. The molecule has 0 amide bonds. The van der Waals surface area contributed by atoms with Gasteiger partial charge in [0.1, 0.15) is 99.2 Å². The van der Waals surface area contributed by atoms with Crippen molar-refractivity contribution in [2.75, 3.05) is 119 Å². The molecule has 21 atom stereocenters.